The monoisotopic (exact) mass is 320 g/mol. The van der Waals surface area contributed by atoms with Crippen LogP contribution in [-0.4, -0.2) is 18.9 Å². The molecule has 23 heavy (non-hydrogen) atoms. The molecule has 3 heteroatoms. The molecule has 4 rings (SSSR count). The molecule has 0 radical (unpaired) electrons. The number of rotatable bonds is 9. The molecule has 0 N–H and O–H groups in total. The molecule has 0 spiro atoms. The zero-order valence-corrected chi connectivity index (χ0v) is 14.5. The summed E-state index contributed by atoms with van der Waals surface area (Å²) in [6.07, 6.45) is 12.6. The van der Waals surface area contributed by atoms with Crippen LogP contribution in [-0.2, 0) is 14.3 Å². The highest BCUT2D eigenvalue weighted by Gasteiger charge is 2.48. The van der Waals surface area contributed by atoms with Crippen LogP contribution in [0.5, 0.6) is 0 Å². The van der Waals surface area contributed by atoms with Crippen molar-refractivity contribution in [3.05, 3.63) is 12.7 Å². The van der Waals surface area contributed by atoms with E-state index in [1.54, 1.807) is 0 Å². The molecular formula is C20H32O3. The Bertz CT molecular complexity index is 389. The maximum absolute atomic E-state index is 11.9. The van der Waals surface area contributed by atoms with E-state index in [2.05, 4.69) is 13.5 Å². The summed E-state index contributed by atoms with van der Waals surface area (Å²) in [6, 6.07) is 0. The van der Waals surface area contributed by atoms with E-state index < -0.39 is 0 Å². The molecule has 1 unspecified atom stereocenters. The summed E-state index contributed by atoms with van der Waals surface area (Å²) in [4.78, 5) is 11.9. The van der Waals surface area contributed by atoms with Crippen molar-refractivity contribution in [1.82, 2.24) is 0 Å². The fraction of sp³-hybridized carbons (Fsp3) is 0.850. The van der Waals surface area contributed by atoms with Gasteiger partial charge in [-0.3, -0.25) is 4.79 Å². The molecule has 0 amide bonds. The van der Waals surface area contributed by atoms with Crippen molar-refractivity contribution < 1.29 is 14.3 Å². The molecule has 4 bridgehead atoms. The Balaban J connectivity index is 1.35. The maximum atomic E-state index is 11.9. The minimum absolute atomic E-state index is 0.115. The Morgan fingerprint density at radius 2 is 1.83 bits per heavy atom. The van der Waals surface area contributed by atoms with Crippen LogP contribution in [0.25, 0.3) is 0 Å². The van der Waals surface area contributed by atoms with Gasteiger partial charge in [-0.1, -0.05) is 19.4 Å². The van der Waals surface area contributed by atoms with Crippen molar-refractivity contribution in [1.29, 1.82) is 0 Å². The molecule has 0 saturated heterocycles. The van der Waals surface area contributed by atoms with E-state index in [0.29, 0.717) is 18.4 Å². The average Bonchev–Trinajstić information content (AvgIpc) is 2.53. The van der Waals surface area contributed by atoms with Crippen molar-refractivity contribution >= 4 is 5.97 Å². The standard InChI is InChI=1S/C20H32O3/c1-3-5-14(4-2)6-7-19(21)22-13-23-20-17-9-15-8-16(11-17)12-18(20)10-15/h3,14-18,20H,1,4-13H2,2H3. The molecule has 0 heterocycles. The molecule has 4 aliphatic carbocycles. The van der Waals surface area contributed by atoms with Crippen LogP contribution in [0.3, 0.4) is 0 Å². The number of carbonyl (C=O) groups excluding carboxylic acids is 1. The average molecular weight is 320 g/mol. The summed E-state index contributed by atoms with van der Waals surface area (Å²) < 4.78 is 11.3. The Hall–Kier alpha value is -0.830. The molecule has 4 aliphatic rings. The summed E-state index contributed by atoms with van der Waals surface area (Å²) in [5.41, 5.74) is 0. The van der Waals surface area contributed by atoms with Gasteiger partial charge in [0.1, 0.15) is 0 Å². The van der Waals surface area contributed by atoms with Crippen LogP contribution in [0.1, 0.15) is 64.7 Å². The first-order chi connectivity index (χ1) is 11.2. The molecule has 130 valence electrons. The molecule has 4 fully saturated rings. The van der Waals surface area contributed by atoms with Crippen LogP contribution >= 0.6 is 0 Å². The van der Waals surface area contributed by atoms with Gasteiger partial charge >= 0.3 is 5.97 Å². The summed E-state index contributed by atoms with van der Waals surface area (Å²) in [7, 11) is 0. The van der Waals surface area contributed by atoms with Crippen LogP contribution < -0.4 is 0 Å². The molecular weight excluding hydrogens is 288 g/mol. The molecule has 0 aromatic carbocycles. The predicted molar refractivity (Wildman–Crippen MR) is 90.7 cm³/mol. The number of ether oxygens (including phenoxy) is 2. The number of carbonyl (C=O) groups is 1. The van der Waals surface area contributed by atoms with Gasteiger partial charge in [0, 0.05) is 6.42 Å². The maximum Gasteiger partial charge on any atom is 0.307 e. The zero-order valence-electron chi connectivity index (χ0n) is 14.5. The van der Waals surface area contributed by atoms with Gasteiger partial charge in [-0.05, 0) is 74.5 Å². The first kappa shape index (κ1) is 17.0. The molecule has 0 aliphatic heterocycles. The Morgan fingerprint density at radius 3 is 2.39 bits per heavy atom. The van der Waals surface area contributed by atoms with Gasteiger partial charge in [-0.15, -0.1) is 6.58 Å². The van der Waals surface area contributed by atoms with Gasteiger partial charge in [0.05, 0.1) is 6.10 Å². The minimum atomic E-state index is -0.115. The smallest absolute Gasteiger partial charge is 0.307 e. The predicted octanol–water partition coefficient (Wildman–Crippen LogP) is 4.71. The summed E-state index contributed by atoms with van der Waals surface area (Å²) in [5, 5.41) is 0. The fourth-order valence-electron chi connectivity index (χ4n) is 5.44. The van der Waals surface area contributed by atoms with Gasteiger partial charge < -0.3 is 9.47 Å². The van der Waals surface area contributed by atoms with Gasteiger partial charge in [-0.2, -0.15) is 0 Å². The van der Waals surface area contributed by atoms with Crippen LogP contribution in [0.4, 0.5) is 0 Å². The quantitative estimate of drug-likeness (QED) is 0.350. The largest absolute Gasteiger partial charge is 0.438 e. The zero-order chi connectivity index (χ0) is 16.2. The normalized spacial score (nSPS) is 36.0. The number of hydrogen-bond donors (Lipinski definition) is 0. The lowest BCUT2D eigenvalue weighted by Gasteiger charge is -2.53. The Morgan fingerprint density at radius 1 is 1.17 bits per heavy atom. The lowest BCUT2D eigenvalue weighted by Crippen LogP contribution is -2.49. The highest BCUT2D eigenvalue weighted by atomic mass is 16.7. The van der Waals surface area contributed by atoms with Crippen molar-refractivity contribution in [2.24, 2.45) is 29.6 Å². The van der Waals surface area contributed by atoms with Crippen LogP contribution in [0.15, 0.2) is 12.7 Å². The van der Waals surface area contributed by atoms with E-state index in [4.69, 9.17) is 9.47 Å². The number of esters is 1. The van der Waals surface area contributed by atoms with E-state index in [0.717, 1.165) is 42.9 Å². The topological polar surface area (TPSA) is 35.5 Å². The summed E-state index contributed by atoms with van der Waals surface area (Å²) in [6.45, 7) is 6.10. The van der Waals surface area contributed by atoms with E-state index in [-0.39, 0.29) is 12.8 Å². The second kappa shape index (κ2) is 7.83. The van der Waals surface area contributed by atoms with Crippen molar-refractivity contribution in [2.45, 2.75) is 70.8 Å². The van der Waals surface area contributed by atoms with Crippen molar-refractivity contribution in [3.8, 4) is 0 Å². The number of hydrogen-bond acceptors (Lipinski definition) is 3. The third kappa shape index (κ3) is 4.17. The highest BCUT2D eigenvalue weighted by molar-refractivity contribution is 5.69. The SMILES string of the molecule is C=CCC(CC)CCC(=O)OCOC1C2CC3CC(C2)CC1C3. The van der Waals surface area contributed by atoms with Crippen LogP contribution in [0, 0.1) is 29.6 Å². The van der Waals surface area contributed by atoms with Gasteiger partial charge in [-0.25, -0.2) is 0 Å². The van der Waals surface area contributed by atoms with Gasteiger partial charge in [0.2, 0.25) is 0 Å². The minimum Gasteiger partial charge on any atom is -0.438 e. The second-order valence-electron chi connectivity index (χ2n) is 8.03. The Kier molecular flexibility index (Phi) is 5.79. The first-order valence-corrected chi connectivity index (χ1v) is 9.57. The lowest BCUT2D eigenvalue weighted by molar-refractivity contribution is -0.186. The molecule has 4 saturated carbocycles. The fourth-order valence-corrected chi connectivity index (χ4v) is 5.44. The highest BCUT2D eigenvalue weighted by Crippen LogP contribution is 2.54. The van der Waals surface area contributed by atoms with Crippen molar-refractivity contribution in [3.63, 3.8) is 0 Å². The second-order valence-corrected chi connectivity index (χ2v) is 8.03. The first-order valence-electron chi connectivity index (χ1n) is 9.57. The van der Waals surface area contributed by atoms with E-state index in [1.807, 2.05) is 6.08 Å². The van der Waals surface area contributed by atoms with E-state index >= 15 is 0 Å². The van der Waals surface area contributed by atoms with E-state index in [1.165, 1.54) is 32.1 Å². The molecule has 0 aromatic heterocycles. The summed E-state index contributed by atoms with van der Waals surface area (Å²) in [5.74, 6) is 3.79. The summed E-state index contributed by atoms with van der Waals surface area (Å²) >= 11 is 0. The molecule has 3 nitrogen and oxygen atoms in total. The Labute approximate surface area is 140 Å². The van der Waals surface area contributed by atoms with Gasteiger partial charge in [0.15, 0.2) is 6.79 Å². The third-order valence-electron chi connectivity index (χ3n) is 6.45. The third-order valence-corrected chi connectivity index (χ3v) is 6.45. The molecule has 0 aromatic rings. The van der Waals surface area contributed by atoms with Gasteiger partial charge in [0.25, 0.3) is 0 Å². The van der Waals surface area contributed by atoms with E-state index in [9.17, 15) is 4.79 Å². The molecule has 1 atom stereocenters. The van der Waals surface area contributed by atoms with Crippen molar-refractivity contribution in [2.75, 3.05) is 6.79 Å². The number of allylic oxidation sites excluding steroid dienone is 1. The van der Waals surface area contributed by atoms with Crippen LogP contribution in [0.2, 0.25) is 0 Å². The lowest BCUT2D eigenvalue weighted by atomic mass is 9.55.